The first-order valence-electron chi connectivity index (χ1n) is 13.8. The van der Waals surface area contributed by atoms with Crippen molar-refractivity contribution in [2.24, 2.45) is 0 Å². The smallest absolute Gasteiger partial charge is 0.277 e. The quantitative estimate of drug-likeness (QED) is 0.133. The Morgan fingerprint density at radius 2 is 1.71 bits per heavy atom. The summed E-state index contributed by atoms with van der Waals surface area (Å²) in [6.07, 6.45) is 6.22. The summed E-state index contributed by atoms with van der Waals surface area (Å²) < 4.78 is 15.3. The summed E-state index contributed by atoms with van der Waals surface area (Å²) in [6.45, 7) is 2.92. The third-order valence-electron chi connectivity index (χ3n) is 7.11. The Morgan fingerprint density at radius 3 is 2.43 bits per heavy atom. The van der Waals surface area contributed by atoms with Crippen LogP contribution in [0.15, 0.2) is 107 Å². The zero-order valence-corrected chi connectivity index (χ0v) is 24.1. The summed E-state index contributed by atoms with van der Waals surface area (Å²) in [4.78, 5) is 30.1. The van der Waals surface area contributed by atoms with Gasteiger partial charge < -0.3 is 9.88 Å². The molecule has 2 aromatic heterocycles. The van der Waals surface area contributed by atoms with Crippen molar-refractivity contribution in [3.8, 4) is 11.1 Å². The van der Waals surface area contributed by atoms with Crippen LogP contribution < -0.4 is 10.9 Å². The molecule has 9 heteroatoms. The zero-order chi connectivity index (χ0) is 29.3. The highest BCUT2D eigenvalue weighted by Crippen LogP contribution is 2.25. The van der Waals surface area contributed by atoms with Crippen LogP contribution in [-0.4, -0.2) is 25.7 Å². The van der Waals surface area contributed by atoms with Crippen LogP contribution in [0.2, 0.25) is 0 Å². The predicted octanol–water partition coefficient (Wildman–Crippen LogP) is 6.31. The Kier molecular flexibility index (Phi) is 9.61. The highest BCUT2D eigenvalue weighted by molar-refractivity contribution is 7.98. The van der Waals surface area contributed by atoms with E-state index in [2.05, 4.69) is 44.8 Å². The first-order valence-corrected chi connectivity index (χ1v) is 14.8. The van der Waals surface area contributed by atoms with Gasteiger partial charge in [0.25, 0.3) is 5.56 Å². The summed E-state index contributed by atoms with van der Waals surface area (Å²) in [7, 11) is 0. The van der Waals surface area contributed by atoms with E-state index in [1.54, 1.807) is 24.5 Å². The van der Waals surface area contributed by atoms with Gasteiger partial charge in [0.05, 0.1) is 6.20 Å². The molecule has 0 aliphatic rings. The first-order chi connectivity index (χ1) is 20.5. The Bertz CT molecular complexity index is 1650. The maximum absolute atomic E-state index is 13.3. The number of nitrogens with one attached hydrogen (secondary N) is 2. The average molecular weight is 582 g/mol. The van der Waals surface area contributed by atoms with Gasteiger partial charge in [-0.05, 0) is 46.4 Å². The first kappa shape index (κ1) is 29.0. The molecule has 0 aliphatic heterocycles. The molecule has 2 heterocycles. The molecule has 2 N–H and O–H groups in total. The molecule has 5 aromatic rings. The highest BCUT2D eigenvalue weighted by Gasteiger charge is 2.17. The lowest BCUT2D eigenvalue weighted by Crippen LogP contribution is -2.24. The second kappa shape index (κ2) is 13.9. The number of halogens is 1. The molecule has 0 bridgehead atoms. The molecule has 0 radical (unpaired) electrons. The number of aromatic nitrogens is 4. The molecule has 0 saturated carbocycles. The minimum Gasteiger partial charge on any atom is -0.352 e. The van der Waals surface area contributed by atoms with Crippen molar-refractivity contribution < 1.29 is 9.18 Å². The number of amides is 1. The van der Waals surface area contributed by atoms with Gasteiger partial charge in [-0.25, -0.2) is 4.39 Å². The van der Waals surface area contributed by atoms with Gasteiger partial charge in [-0.15, -0.1) is 0 Å². The summed E-state index contributed by atoms with van der Waals surface area (Å²) in [6, 6.07) is 24.6. The molecule has 0 aliphatic carbocycles. The van der Waals surface area contributed by atoms with E-state index in [0.717, 1.165) is 27.8 Å². The van der Waals surface area contributed by atoms with Gasteiger partial charge in [-0.1, -0.05) is 85.4 Å². The van der Waals surface area contributed by atoms with Crippen molar-refractivity contribution in [2.75, 3.05) is 0 Å². The Balaban J connectivity index is 1.21. The van der Waals surface area contributed by atoms with Gasteiger partial charge in [0.1, 0.15) is 5.82 Å². The monoisotopic (exact) mass is 581 g/mol. The zero-order valence-electron chi connectivity index (χ0n) is 23.3. The lowest BCUT2D eigenvalue weighted by atomic mass is 9.98. The van der Waals surface area contributed by atoms with Gasteiger partial charge in [0, 0.05) is 49.1 Å². The highest BCUT2D eigenvalue weighted by atomic mass is 32.2. The Morgan fingerprint density at radius 1 is 1.00 bits per heavy atom. The number of rotatable bonds is 12. The van der Waals surface area contributed by atoms with Gasteiger partial charge in [-0.3, -0.25) is 14.7 Å². The molecular formula is C33H32FN5O2S. The number of thioether (sulfide) groups is 1. The molecule has 0 spiro atoms. The fraction of sp³-hybridized carbons (Fsp3) is 0.212. The van der Waals surface area contributed by atoms with E-state index in [4.69, 9.17) is 0 Å². The number of H-pyrrole nitrogens is 1. The summed E-state index contributed by atoms with van der Waals surface area (Å²) in [5, 5.41) is 10.4. The molecule has 1 atom stereocenters. The lowest BCUT2D eigenvalue weighted by molar-refractivity contribution is -0.121. The van der Waals surface area contributed by atoms with Crippen molar-refractivity contribution in [1.29, 1.82) is 0 Å². The van der Waals surface area contributed by atoms with Crippen molar-refractivity contribution in [3.63, 3.8) is 0 Å². The van der Waals surface area contributed by atoms with E-state index in [1.165, 1.54) is 23.9 Å². The van der Waals surface area contributed by atoms with Gasteiger partial charge in [-0.2, -0.15) is 10.1 Å². The van der Waals surface area contributed by atoms with Crippen LogP contribution >= 0.6 is 11.8 Å². The van der Waals surface area contributed by atoms with Crippen LogP contribution in [-0.2, 0) is 23.6 Å². The molecule has 0 saturated heterocycles. The predicted molar refractivity (Wildman–Crippen MR) is 164 cm³/mol. The van der Waals surface area contributed by atoms with E-state index in [0.29, 0.717) is 42.4 Å². The Labute approximate surface area is 248 Å². The fourth-order valence-corrected chi connectivity index (χ4v) is 5.56. The van der Waals surface area contributed by atoms with E-state index in [9.17, 15) is 14.0 Å². The van der Waals surface area contributed by atoms with E-state index < -0.39 is 0 Å². The van der Waals surface area contributed by atoms with Crippen molar-refractivity contribution >= 4 is 17.7 Å². The number of carbonyl (C=O) groups is 1. The van der Waals surface area contributed by atoms with E-state index in [1.807, 2.05) is 48.0 Å². The number of nitrogens with zero attached hydrogens (tertiary/aromatic N) is 3. The molecule has 5 rings (SSSR count). The van der Waals surface area contributed by atoms with Crippen molar-refractivity contribution in [1.82, 2.24) is 25.1 Å². The molecular weight excluding hydrogens is 549 g/mol. The van der Waals surface area contributed by atoms with Crippen LogP contribution in [0.1, 0.15) is 47.9 Å². The van der Waals surface area contributed by atoms with Crippen molar-refractivity contribution in [3.05, 3.63) is 136 Å². The molecule has 1 unspecified atom stereocenters. The second-order valence-corrected chi connectivity index (χ2v) is 11.0. The number of aryl methyl sites for hydroxylation is 1. The minimum atomic E-state index is -0.294. The molecule has 7 nitrogen and oxygen atoms in total. The fourth-order valence-electron chi connectivity index (χ4n) is 4.62. The van der Waals surface area contributed by atoms with Crippen LogP contribution in [0.3, 0.4) is 0 Å². The number of hydrogen-bond acceptors (Lipinski definition) is 5. The maximum Gasteiger partial charge on any atom is 0.277 e. The van der Waals surface area contributed by atoms with Crippen LogP contribution in [0.4, 0.5) is 4.39 Å². The van der Waals surface area contributed by atoms with Crippen LogP contribution in [0.5, 0.6) is 0 Å². The molecule has 1 amide bonds. The minimum absolute atomic E-state index is 0.0383. The summed E-state index contributed by atoms with van der Waals surface area (Å²) in [5.41, 5.74) is 5.41. The third-order valence-corrected chi connectivity index (χ3v) is 8.17. The number of carbonyl (C=O) groups excluding carboxylic acids is 1. The number of hydrogen-bond donors (Lipinski definition) is 2. The van der Waals surface area contributed by atoms with E-state index in [-0.39, 0.29) is 23.2 Å². The average Bonchev–Trinajstić information content (AvgIpc) is 3.56. The Hall–Kier alpha value is -4.50. The molecule has 3 aromatic carbocycles. The maximum atomic E-state index is 13.3. The van der Waals surface area contributed by atoms with Crippen molar-refractivity contribution in [2.45, 2.75) is 49.7 Å². The molecule has 42 heavy (non-hydrogen) atoms. The van der Waals surface area contributed by atoms with Crippen LogP contribution in [0, 0.1) is 5.82 Å². The summed E-state index contributed by atoms with van der Waals surface area (Å²) >= 11 is 1.41. The summed E-state index contributed by atoms with van der Waals surface area (Å²) in [5.74, 6) is 0.0117. The number of aromatic amines is 1. The van der Waals surface area contributed by atoms with Gasteiger partial charge in [0.2, 0.25) is 5.91 Å². The second-order valence-electron chi connectivity index (χ2n) is 10.1. The standard InChI is InChI=1S/C33H32FN5O2S/c1-23(28-19-36-37-20-28)30-21-39(33(38-32(30)41)42-22-25-11-15-29(34)16-12-25)17-5-8-31(40)35-18-24-9-13-27(14-10-24)26-6-3-2-4-7-26/h2-4,6-7,9-16,19-21,23H,5,8,17-18,22H2,1H3,(H,35,40)(H,36,37). The normalized spacial score (nSPS) is 11.8. The van der Waals surface area contributed by atoms with Gasteiger partial charge >= 0.3 is 0 Å². The topological polar surface area (TPSA) is 92.7 Å². The molecule has 214 valence electrons. The SMILES string of the molecule is CC(c1cn[nH]c1)c1cn(CCCC(=O)NCc2ccc(-c3ccccc3)cc2)c(SCc2ccc(F)cc2)nc1=O. The largest absolute Gasteiger partial charge is 0.352 e. The lowest BCUT2D eigenvalue weighted by Gasteiger charge is -2.16. The third kappa shape index (κ3) is 7.61. The van der Waals surface area contributed by atoms with Crippen LogP contribution in [0.25, 0.3) is 11.1 Å². The molecule has 0 fully saturated rings. The van der Waals surface area contributed by atoms with Gasteiger partial charge in [0.15, 0.2) is 5.16 Å². The van der Waals surface area contributed by atoms with E-state index >= 15 is 0 Å². The number of benzene rings is 3.